The van der Waals surface area contributed by atoms with Crippen molar-refractivity contribution in [2.45, 2.75) is 0 Å². The van der Waals surface area contributed by atoms with E-state index >= 15 is 0 Å². The lowest BCUT2D eigenvalue weighted by atomic mass is 9.92. The Hall–Kier alpha value is -14.7. The standard InChI is InChI=1S/C74H48BrN3.C28H19N.C18H12Br3N/c75-74-68(77(61-39-31-51(32-40-61)49-15-5-1-6-16-49)66-45-37-57-29-27-53-19-13-21-55-35-43-64(66)72(57)70(53)55)47-63(76(59-23-9-3-10-24-59)60-25-11-4-12-26-60)48-69(74)78(62-41-33-52(34-42-62)50-17-7-2-8-18-50)67-46-38-58-30-28-54-20-14-22-56-36-44-65(67)73(58)71(54)56;1-2-5-19(6-3-1)20-11-15-24(16-12-20)29-26-18-14-23-10-9-21-7-4-8-22-13-17-25(26)28(23)27(21)22;19-16-11-15(12-17(20)18(16)21)22(13-7-3-1-4-8-13)14-9-5-2-6-10-14/h1-48H;1-18,29H;1-12H. The maximum Gasteiger partial charge on any atom is 0.0658 e. The summed E-state index contributed by atoms with van der Waals surface area (Å²) in [5.41, 5.74) is 21.9. The predicted octanol–water partition coefficient (Wildman–Crippen LogP) is 37.4. The second-order valence-electron chi connectivity index (χ2n) is 32.5. The van der Waals surface area contributed by atoms with Gasteiger partial charge in [-0.25, -0.2) is 0 Å². The van der Waals surface area contributed by atoms with Crippen molar-refractivity contribution >= 4 is 240 Å². The van der Waals surface area contributed by atoms with Gasteiger partial charge in [-0.1, -0.05) is 346 Å². The molecular formula is C120H79Br4N5. The molecule has 0 spiro atoms. The van der Waals surface area contributed by atoms with Crippen LogP contribution in [0.15, 0.2) is 491 Å². The van der Waals surface area contributed by atoms with Gasteiger partial charge in [0, 0.05) is 80.8 Å². The van der Waals surface area contributed by atoms with Gasteiger partial charge >= 0.3 is 0 Å². The van der Waals surface area contributed by atoms with Crippen LogP contribution in [0.1, 0.15) is 0 Å². The normalized spacial score (nSPS) is 11.4. The average molecular weight is 1910 g/mol. The zero-order chi connectivity index (χ0) is 86.4. The van der Waals surface area contributed by atoms with E-state index in [9.17, 15) is 0 Å². The van der Waals surface area contributed by atoms with Crippen molar-refractivity contribution in [2.24, 2.45) is 0 Å². The fourth-order valence-electron chi connectivity index (χ4n) is 18.8. The van der Waals surface area contributed by atoms with Gasteiger partial charge in [-0.15, -0.1) is 0 Å². The van der Waals surface area contributed by atoms with Gasteiger partial charge in [0.1, 0.15) is 0 Å². The lowest BCUT2D eigenvalue weighted by Gasteiger charge is -2.35. The molecule has 0 saturated carbocycles. The van der Waals surface area contributed by atoms with E-state index in [4.69, 9.17) is 0 Å². The van der Waals surface area contributed by atoms with Crippen molar-refractivity contribution in [3.63, 3.8) is 0 Å². The number of para-hydroxylation sites is 4. The van der Waals surface area contributed by atoms with Crippen LogP contribution in [0.2, 0.25) is 0 Å². The molecule has 24 aromatic carbocycles. The van der Waals surface area contributed by atoms with Gasteiger partial charge in [0.25, 0.3) is 0 Å². The summed E-state index contributed by atoms with van der Waals surface area (Å²) in [5, 5.41) is 26.2. The Morgan fingerprint density at radius 3 is 0.760 bits per heavy atom. The van der Waals surface area contributed by atoms with Gasteiger partial charge in [-0.3, -0.25) is 0 Å². The Balaban J connectivity index is 0.000000154. The first kappa shape index (κ1) is 80.2. The molecule has 0 heterocycles. The van der Waals surface area contributed by atoms with Crippen molar-refractivity contribution in [3.05, 3.63) is 491 Å². The Kier molecular flexibility index (Phi) is 21.7. The number of nitrogens with zero attached hydrogens (tertiary/aromatic N) is 4. The number of benzene rings is 24. The molecule has 0 radical (unpaired) electrons. The molecule has 0 unspecified atom stereocenters. The monoisotopic (exact) mass is 1910 g/mol. The van der Waals surface area contributed by atoms with Crippen LogP contribution in [-0.4, -0.2) is 0 Å². The third-order valence-electron chi connectivity index (χ3n) is 24.8. The molecule has 129 heavy (non-hydrogen) atoms. The minimum Gasteiger partial charge on any atom is -0.355 e. The molecule has 24 rings (SSSR count). The quantitative estimate of drug-likeness (QED) is 0.0724. The van der Waals surface area contributed by atoms with E-state index in [1.54, 1.807) is 0 Å². The largest absolute Gasteiger partial charge is 0.355 e. The summed E-state index contributed by atoms with van der Waals surface area (Å²) in [6.07, 6.45) is 0. The molecule has 0 amide bonds. The van der Waals surface area contributed by atoms with Crippen LogP contribution in [0, 0.1) is 0 Å². The van der Waals surface area contributed by atoms with Gasteiger partial charge in [-0.2, -0.15) is 0 Å². The second-order valence-corrected chi connectivity index (χ2v) is 35.7. The van der Waals surface area contributed by atoms with Crippen LogP contribution in [0.5, 0.6) is 0 Å². The fraction of sp³-hybridized carbons (Fsp3) is 0. The maximum atomic E-state index is 4.53. The molecular weight excluding hydrogens is 1830 g/mol. The lowest BCUT2D eigenvalue weighted by Crippen LogP contribution is -2.18. The van der Waals surface area contributed by atoms with Crippen LogP contribution in [0.25, 0.3) is 130 Å². The molecule has 0 aromatic heterocycles. The summed E-state index contributed by atoms with van der Waals surface area (Å²) in [4.78, 5) is 9.57. The van der Waals surface area contributed by atoms with Crippen LogP contribution in [-0.2, 0) is 0 Å². The first-order valence-electron chi connectivity index (χ1n) is 43.3. The van der Waals surface area contributed by atoms with Crippen molar-refractivity contribution in [2.75, 3.05) is 24.9 Å². The zero-order valence-electron chi connectivity index (χ0n) is 69.8. The zero-order valence-corrected chi connectivity index (χ0v) is 76.2. The first-order chi connectivity index (χ1) is 63.6. The van der Waals surface area contributed by atoms with E-state index in [0.717, 1.165) is 109 Å². The molecule has 0 atom stereocenters. The molecule has 0 aliphatic heterocycles. The van der Waals surface area contributed by atoms with E-state index < -0.39 is 0 Å². The minimum absolute atomic E-state index is 0.933. The Labute approximate surface area is 782 Å². The van der Waals surface area contributed by atoms with Gasteiger partial charge in [0.15, 0.2) is 0 Å². The van der Waals surface area contributed by atoms with E-state index in [0.29, 0.717) is 0 Å². The SMILES string of the molecule is Brc1c(N(c2ccc(-c3ccccc3)cc2)c2ccc3ccc4cccc5ccc2c3c45)cc(N(c2ccccc2)c2ccccc2)cc1N(c1ccc(-c2ccccc2)cc1)c1ccc2ccc3cccc4ccc1c2c34.Brc1cc(N(c2ccccc2)c2ccccc2)cc(Br)c1Br.c1ccc(-c2ccc(Nc3ccc4ccc5cccc6ccc3c4c56)cc2)cc1. The fourth-order valence-corrected chi connectivity index (χ4v) is 20.8. The molecule has 24 aromatic rings. The summed E-state index contributed by atoms with van der Waals surface area (Å²) in [5.74, 6) is 0. The van der Waals surface area contributed by atoms with Gasteiger partial charge in [0.2, 0.25) is 0 Å². The van der Waals surface area contributed by atoms with E-state index in [1.807, 2.05) is 42.5 Å². The summed E-state index contributed by atoms with van der Waals surface area (Å²) in [6, 6.07) is 170. The van der Waals surface area contributed by atoms with E-state index in [-0.39, 0.29) is 0 Å². The summed E-state index contributed by atoms with van der Waals surface area (Å²) < 4.78 is 3.96. The lowest BCUT2D eigenvalue weighted by molar-refractivity contribution is 1.22. The Bertz CT molecular complexity index is 7760. The highest BCUT2D eigenvalue weighted by atomic mass is 79.9. The number of rotatable bonds is 17. The summed E-state index contributed by atoms with van der Waals surface area (Å²) >= 11 is 15.3. The van der Waals surface area contributed by atoms with Crippen molar-refractivity contribution in [1.29, 1.82) is 0 Å². The number of hydrogen-bond donors (Lipinski definition) is 1. The Morgan fingerprint density at radius 1 is 0.163 bits per heavy atom. The maximum absolute atomic E-state index is 4.53. The highest BCUT2D eigenvalue weighted by Crippen LogP contribution is 2.55. The molecule has 0 saturated heterocycles. The molecule has 0 fully saturated rings. The Morgan fingerprint density at radius 2 is 0.419 bits per heavy atom. The molecule has 0 aliphatic carbocycles. The highest BCUT2D eigenvalue weighted by Gasteiger charge is 2.30. The van der Waals surface area contributed by atoms with Gasteiger partial charge < -0.3 is 24.9 Å². The molecule has 0 bridgehead atoms. The van der Waals surface area contributed by atoms with Crippen LogP contribution in [0.3, 0.4) is 0 Å². The molecule has 612 valence electrons. The molecule has 9 heteroatoms. The van der Waals surface area contributed by atoms with Gasteiger partial charge in [-0.05, 0) is 305 Å². The first-order valence-corrected chi connectivity index (χ1v) is 46.4. The van der Waals surface area contributed by atoms with Crippen molar-refractivity contribution < 1.29 is 0 Å². The number of anilines is 14. The summed E-state index contributed by atoms with van der Waals surface area (Å²) in [6.45, 7) is 0. The van der Waals surface area contributed by atoms with E-state index in [2.05, 4.69) is 519 Å². The highest BCUT2D eigenvalue weighted by molar-refractivity contribution is 9.14. The summed E-state index contributed by atoms with van der Waals surface area (Å²) in [7, 11) is 0. The number of halogens is 4. The molecule has 5 nitrogen and oxygen atoms in total. The van der Waals surface area contributed by atoms with Crippen LogP contribution < -0.4 is 24.9 Å². The minimum atomic E-state index is 0.933. The third kappa shape index (κ3) is 15.4. The van der Waals surface area contributed by atoms with Gasteiger partial charge in [0.05, 0.1) is 32.9 Å². The van der Waals surface area contributed by atoms with E-state index in [1.165, 1.54) is 119 Å². The van der Waals surface area contributed by atoms with Crippen molar-refractivity contribution in [1.82, 2.24) is 0 Å². The third-order valence-corrected chi connectivity index (χ3v) is 28.8. The topological polar surface area (TPSA) is 25.0 Å². The van der Waals surface area contributed by atoms with Crippen LogP contribution >= 0.6 is 63.7 Å². The molecule has 0 aliphatic rings. The predicted molar refractivity (Wildman–Crippen MR) is 566 cm³/mol. The van der Waals surface area contributed by atoms with Crippen molar-refractivity contribution in [3.8, 4) is 33.4 Å². The smallest absolute Gasteiger partial charge is 0.0658 e. The second kappa shape index (κ2) is 34.9. The number of hydrogen-bond acceptors (Lipinski definition) is 5. The molecule has 1 N–H and O–H groups in total. The average Bonchev–Trinajstić information content (AvgIpc) is 0.732. The van der Waals surface area contributed by atoms with Crippen LogP contribution in [0.4, 0.5) is 79.6 Å². The number of nitrogens with one attached hydrogen (secondary N) is 1.